The van der Waals surface area contributed by atoms with E-state index in [0.29, 0.717) is 12.8 Å². The number of esters is 2. The van der Waals surface area contributed by atoms with E-state index in [1.54, 1.807) is 14.0 Å². The molecule has 0 spiro atoms. The van der Waals surface area contributed by atoms with Gasteiger partial charge in [-0.2, -0.15) is 0 Å². The number of nitrogens with zero attached hydrogens (tertiary/aromatic N) is 2. The van der Waals surface area contributed by atoms with Crippen LogP contribution in [0.25, 0.3) is 6.08 Å². The first kappa shape index (κ1) is 21.4. The molecule has 1 N–H and O–H groups in total. The molecule has 1 aromatic heterocycles. The number of hydrogen-bond acceptors (Lipinski definition) is 7. The average molecular weight is 406 g/mol. The molecule has 1 aliphatic rings. The van der Waals surface area contributed by atoms with Crippen molar-refractivity contribution in [2.45, 2.75) is 32.5 Å². The monoisotopic (exact) mass is 406 g/mol. The maximum atomic E-state index is 12.2. The average Bonchev–Trinajstić information content (AvgIpc) is 2.62. The second-order valence-corrected chi connectivity index (χ2v) is 6.80. The van der Waals surface area contributed by atoms with Gasteiger partial charge < -0.3 is 14.6 Å². The molecule has 150 valence electrons. The van der Waals surface area contributed by atoms with Crippen LogP contribution < -0.4 is 5.56 Å². The molecule has 0 unspecified atom stereocenters. The number of cyclic esters (lactones) is 2. The van der Waals surface area contributed by atoms with Crippen LogP contribution in [0.15, 0.2) is 34.7 Å². The van der Waals surface area contributed by atoms with Crippen LogP contribution in [0.4, 0.5) is 0 Å². The fourth-order valence-corrected chi connectivity index (χ4v) is 2.84. The number of carbonyl (C=O) groups is 2. The molecule has 2 heterocycles. The van der Waals surface area contributed by atoms with E-state index in [9.17, 15) is 19.5 Å². The van der Waals surface area contributed by atoms with Gasteiger partial charge in [-0.1, -0.05) is 25.2 Å². The third-order valence-corrected chi connectivity index (χ3v) is 4.72. The van der Waals surface area contributed by atoms with Crippen molar-refractivity contribution in [3.8, 4) is 5.88 Å². The minimum absolute atomic E-state index is 0.0581. The van der Waals surface area contributed by atoms with Crippen molar-refractivity contribution in [1.29, 1.82) is 0 Å². The SMILES string of the molecule is CCCC1(C)OC(=O)C(=CC=CC=Cc2c(O)n(C)c(=S)n(C)c2=O)C(=O)O1. The minimum atomic E-state index is -1.24. The lowest BCUT2D eigenvalue weighted by Crippen LogP contribution is -2.44. The number of aromatic nitrogens is 2. The van der Waals surface area contributed by atoms with Crippen molar-refractivity contribution in [2.75, 3.05) is 0 Å². The summed E-state index contributed by atoms with van der Waals surface area (Å²) >= 11 is 5.04. The van der Waals surface area contributed by atoms with E-state index in [-0.39, 0.29) is 21.8 Å². The second-order valence-electron chi connectivity index (χ2n) is 6.43. The van der Waals surface area contributed by atoms with E-state index < -0.39 is 23.3 Å². The van der Waals surface area contributed by atoms with Gasteiger partial charge in [-0.3, -0.25) is 13.9 Å². The van der Waals surface area contributed by atoms with E-state index in [2.05, 4.69) is 0 Å². The molecule has 28 heavy (non-hydrogen) atoms. The lowest BCUT2D eigenvalue weighted by Gasteiger charge is -2.32. The molecule has 0 amide bonds. The van der Waals surface area contributed by atoms with Crippen molar-refractivity contribution < 1.29 is 24.2 Å². The Morgan fingerprint density at radius 3 is 2.25 bits per heavy atom. The zero-order chi connectivity index (χ0) is 21.1. The zero-order valence-electron chi connectivity index (χ0n) is 16.1. The highest BCUT2D eigenvalue weighted by Gasteiger charge is 2.41. The highest BCUT2D eigenvalue weighted by atomic mass is 32.1. The Hall–Kier alpha value is -2.94. The van der Waals surface area contributed by atoms with Gasteiger partial charge in [-0.05, 0) is 30.8 Å². The van der Waals surface area contributed by atoms with Gasteiger partial charge >= 0.3 is 11.9 Å². The number of carbonyl (C=O) groups excluding carboxylic acids is 2. The van der Waals surface area contributed by atoms with E-state index in [1.807, 2.05) is 6.92 Å². The Labute approximate surface area is 167 Å². The highest BCUT2D eigenvalue weighted by Crippen LogP contribution is 2.27. The number of rotatable bonds is 5. The van der Waals surface area contributed by atoms with Crippen LogP contribution >= 0.6 is 12.2 Å². The first-order valence-corrected chi connectivity index (χ1v) is 9.03. The van der Waals surface area contributed by atoms with Crippen molar-refractivity contribution in [2.24, 2.45) is 14.1 Å². The molecular weight excluding hydrogens is 384 g/mol. The summed E-state index contributed by atoms with van der Waals surface area (Å²) in [5.41, 5.74) is -0.611. The highest BCUT2D eigenvalue weighted by molar-refractivity contribution is 7.71. The zero-order valence-corrected chi connectivity index (χ0v) is 16.9. The molecule has 9 heteroatoms. The third-order valence-electron chi connectivity index (χ3n) is 4.18. The topological polar surface area (TPSA) is 99.8 Å². The van der Waals surface area contributed by atoms with E-state index in [0.717, 1.165) is 0 Å². The predicted molar refractivity (Wildman–Crippen MR) is 105 cm³/mol. The summed E-state index contributed by atoms with van der Waals surface area (Å²) < 4.78 is 13.1. The molecule has 0 radical (unpaired) electrons. The molecule has 0 saturated carbocycles. The summed E-state index contributed by atoms with van der Waals surface area (Å²) in [6.45, 7) is 3.43. The van der Waals surface area contributed by atoms with Gasteiger partial charge in [0.2, 0.25) is 5.88 Å². The van der Waals surface area contributed by atoms with Crippen LogP contribution in [0.2, 0.25) is 0 Å². The molecule has 2 rings (SSSR count). The molecule has 0 aromatic carbocycles. The lowest BCUT2D eigenvalue weighted by atomic mass is 10.1. The maximum Gasteiger partial charge on any atom is 0.348 e. The fourth-order valence-electron chi connectivity index (χ4n) is 2.67. The summed E-state index contributed by atoms with van der Waals surface area (Å²) in [5, 5.41) is 10.1. The molecule has 0 atom stereocenters. The van der Waals surface area contributed by atoms with Gasteiger partial charge in [-0.15, -0.1) is 0 Å². The Bertz CT molecular complexity index is 992. The Kier molecular flexibility index (Phi) is 6.40. The van der Waals surface area contributed by atoms with Gasteiger partial charge in [-0.25, -0.2) is 9.59 Å². The van der Waals surface area contributed by atoms with Crippen molar-refractivity contribution in [3.63, 3.8) is 0 Å². The quantitative estimate of drug-likeness (QED) is 0.263. The van der Waals surface area contributed by atoms with Gasteiger partial charge in [0.25, 0.3) is 11.3 Å². The van der Waals surface area contributed by atoms with Crippen LogP contribution in [0, 0.1) is 4.77 Å². The summed E-state index contributed by atoms with van der Waals surface area (Å²) in [7, 11) is 3.05. The van der Waals surface area contributed by atoms with Crippen LogP contribution in [-0.2, 0) is 33.2 Å². The van der Waals surface area contributed by atoms with Crippen LogP contribution in [0.5, 0.6) is 5.88 Å². The first-order chi connectivity index (χ1) is 13.1. The second kappa shape index (κ2) is 8.39. The molecule has 0 bridgehead atoms. The Morgan fingerprint density at radius 2 is 1.68 bits per heavy atom. The summed E-state index contributed by atoms with van der Waals surface area (Å²) in [6.07, 6.45) is 8.18. The van der Waals surface area contributed by atoms with Gasteiger partial charge in [0.05, 0.1) is 0 Å². The largest absolute Gasteiger partial charge is 0.494 e. The van der Waals surface area contributed by atoms with Crippen molar-refractivity contribution in [3.05, 3.63) is 50.6 Å². The summed E-state index contributed by atoms with van der Waals surface area (Å²) in [5.74, 6) is -3.00. The van der Waals surface area contributed by atoms with E-state index in [1.165, 1.54) is 46.6 Å². The van der Waals surface area contributed by atoms with E-state index >= 15 is 0 Å². The summed E-state index contributed by atoms with van der Waals surface area (Å²) in [6, 6.07) is 0. The molecule has 0 aliphatic carbocycles. The number of aromatic hydroxyl groups is 1. The number of ether oxygens (including phenoxy) is 2. The van der Waals surface area contributed by atoms with Crippen LogP contribution in [-0.4, -0.2) is 32.0 Å². The number of hydrogen-bond donors (Lipinski definition) is 1. The molecule has 1 aromatic rings. The number of allylic oxidation sites excluding steroid dienone is 4. The molecular formula is C19H22N2O6S. The van der Waals surface area contributed by atoms with Gasteiger partial charge in [0.15, 0.2) is 4.77 Å². The van der Waals surface area contributed by atoms with Crippen molar-refractivity contribution in [1.82, 2.24) is 9.13 Å². The maximum absolute atomic E-state index is 12.2. The van der Waals surface area contributed by atoms with Crippen molar-refractivity contribution >= 4 is 30.2 Å². The summed E-state index contributed by atoms with van der Waals surface area (Å²) in [4.78, 5) is 36.3. The van der Waals surface area contributed by atoms with Gasteiger partial charge in [0, 0.05) is 27.4 Å². The minimum Gasteiger partial charge on any atom is -0.494 e. The van der Waals surface area contributed by atoms with E-state index in [4.69, 9.17) is 21.7 Å². The third kappa shape index (κ3) is 4.30. The van der Waals surface area contributed by atoms with Crippen LogP contribution in [0.1, 0.15) is 32.3 Å². The molecule has 8 nitrogen and oxygen atoms in total. The lowest BCUT2D eigenvalue weighted by molar-refractivity contribution is -0.230. The molecule has 1 saturated heterocycles. The molecule has 1 aliphatic heterocycles. The standard InChI is InChI=1S/C19H22N2O6S/c1-5-11-19(2)26-16(24)13(17(25)27-19)10-8-6-7-9-12-14(22)20(3)18(28)21(4)15(12)23/h6-10,22H,5,11H2,1-4H3. The molecule has 1 fully saturated rings. The predicted octanol–water partition coefficient (Wildman–Crippen LogP) is 2.27. The van der Waals surface area contributed by atoms with Crippen LogP contribution in [0.3, 0.4) is 0 Å². The Balaban J connectivity index is 2.19. The van der Waals surface area contributed by atoms with Gasteiger partial charge in [0.1, 0.15) is 11.1 Å². The fraction of sp³-hybridized carbons (Fsp3) is 0.368. The normalized spacial score (nSPS) is 19.9. The smallest absolute Gasteiger partial charge is 0.348 e. The Morgan fingerprint density at radius 1 is 1.07 bits per heavy atom. The first-order valence-electron chi connectivity index (χ1n) is 8.62.